The van der Waals surface area contributed by atoms with E-state index in [4.69, 9.17) is 15.2 Å². The fourth-order valence-corrected chi connectivity index (χ4v) is 3.57. The first-order valence-electron chi connectivity index (χ1n) is 11.4. The lowest BCUT2D eigenvalue weighted by atomic mass is 9.82. The van der Waals surface area contributed by atoms with Crippen LogP contribution in [0.1, 0.15) is 35.9 Å². The molecule has 1 atom stereocenters. The second kappa shape index (κ2) is 11.8. The van der Waals surface area contributed by atoms with Crippen LogP contribution in [0.5, 0.6) is 11.5 Å². The molecule has 0 aliphatic rings. The van der Waals surface area contributed by atoms with Gasteiger partial charge in [0.1, 0.15) is 6.10 Å². The number of aromatic hydroxyl groups is 1. The molecule has 0 spiro atoms. The zero-order chi connectivity index (χ0) is 27.0. The lowest BCUT2D eigenvalue weighted by Crippen LogP contribution is -2.35. The number of amides is 3. The number of carbonyl (C=O) groups excluding carboxylic acids is 3. The number of nitrogens with two attached hydrogens (primary N) is 1. The molecule has 3 aromatic rings. The van der Waals surface area contributed by atoms with Crippen LogP contribution in [0, 0.1) is 5.41 Å². The highest BCUT2D eigenvalue weighted by Crippen LogP contribution is 2.41. The molecular formula is C28H29N3O6. The highest BCUT2D eigenvalue weighted by atomic mass is 16.6. The number of hydrogen-bond donors (Lipinski definition) is 4. The van der Waals surface area contributed by atoms with Crippen molar-refractivity contribution in [3.8, 4) is 11.5 Å². The number of imide groups is 1. The van der Waals surface area contributed by atoms with Crippen molar-refractivity contribution in [1.29, 1.82) is 0 Å². The Kier molecular flexibility index (Phi) is 8.52. The van der Waals surface area contributed by atoms with Crippen molar-refractivity contribution in [1.82, 2.24) is 5.32 Å². The number of methoxy groups -OCH3 is 1. The number of nitrogen functional groups attached to an aromatic ring is 1. The van der Waals surface area contributed by atoms with Crippen LogP contribution in [0.3, 0.4) is 0 Å². The molecule has 0 fully saturated rings. The third-order valence-corrected chi connectivity index (χ3v) is 5.54. The molecule has 0 saturated carbocycles. The minimum atomic E-state index is -1.00. The van der Waals surface area contributed by atoms with Gasteiger partial charge in [0.05, 0.1) is 18.5 Å². The Morgan fingerprint density at radius 3 is 2.32 bits per heavy atom. The molecule has 5 N–H and O–H groups in total. The van der Waals surface area contributed by atoms with Crippen molar-refractivity contribution in [2.45, 2.75) is 20.0 Å². The van der Waals surface area contributed by atoms with Gasteiger partial charge in [-0.05, 0) is 48.0 Å². The molecule has 0 unspecified atom stereocenters. The number of nitrogens with one attached hydrogen (secondary N) is 2. The number of alkyl carbamates (subject to hydrolysis) is 1. The molecule has 0 aromatic heterocycles. The van der Waals surface area contributed by atoms with Crippen molar-refractivity contribution >= 4 is 29.3 Å². The highest BCUT2D eigenvalue weighted by Gasteiger charge is 2.33. The number of ether oxygens (including phenoxy) is 2. The van der Waals surface area contributed by atoms with Gasteiger partial charge in [-0.1, -0.05) is 56.3 Å². The fourth-order valence-electron chi connectivity index (χ4n) is 3.57. The van der Waals surface area contributed by atoms with Crippen molar-refractivity contribution < 1.29 is 29.0 Å². The minimum absolute atomic E-state index is 0.161. The first-order valence-corrected chi connectivity index (χ1v) is 11.4. The number of phenols is 1. The van der Waals surface area contributed by atoms with Crippen molar-refractivity contribution in [2.75, 3.05) is 18.2 Å². The maximum absolute atomic E-state index is 12.7. The van der Waals surface area contributed by atoms with Crippen LogP contribution >= 0.6 is 0 Å². The summed E-state index contributed by atoms with van der Waals surface area (Å²) >= 11 is 0. The van der Waals surface area contributed by atoms with Crippen LogP contribution in [0.25, 0.3) is 0 Å². The Labute approximate surface area is 214 Å². The van der Waals surface area contributed by atoms with Crippen LogP contribution in [0.2, 0.25) is 0 Å². The minimum Gasteiger partial charge on any atom is -0.504 e. The Morgan fingerprint density at radius 2 is 1.68 bits per heavy atom. The Morgan fingerprint density at radius 1 is 1.00 bits per heavy atom. The van der Waals surface area contributed by atoms with Crippen molar-refractivity contribution in [3.63, 3.8) is 0 Å². The molecule has 0 aliphatic carbocycles. The normalized spacial score (nSPS) is 12.0. The van der Waals surface area contributed by atoms with Crippen molar-refractivity contribution in [2.24, 2.45) is 5.41 Å². The summed E-state index contributed by atoms with van der Waals surface area (Å²) in [6, 6.07) is 19.6. The van der Waals surface area contributed by atoms with E-state index in [9.17, 15) is 19.5 Å². The Bertz CT molecular complexity index is 1300. The summed E-state index contributed by atoms with van der Waals surface area (Å²) in [4.78, 5) is 37.7. The van der Waals surface area contributed by atoms with E-state index < -0.39 is 29.4 Å². The van der Waals surface area contributed by atoms with Crippen molar-refractivity contribution in [3.05, 3.63) is 96.1 Å². The van der Waals surface area contributed by atoms with Gasteiger partial charge in [-0.25, -0.2) is 4.79 Å². The van der Waals surface area contributed by atoms with Gasteiger partial charge in [-0.3, -0.25) is 14.9 Å². The van der Waals surface area contributed by atoms with E-state index in [1.54, 1.807) is 80.6 Å². The van der Waals surface area contributed by atoms with Crippen LogP contribution in [0.15, 0.2) is 84.9 Å². The smallest absolute Gasteiger partial charge is 0.414 e. The molecule has 0 bridgehead atoms. The summed E-state index contributed by atoms with van der Waals surface area (Å²) in [5.41, 5.74) is 6.50. The molecule has 0 heterocycles. The van der Waals surface area contributed by atoms with E-state index >= 15 is 0 Å². The first kappa shape index (κ1) is 26.8. The van der Waals surface area contributed by atoms with E-state index in [2.05, 4.69) is 10.6 Å². The fraction of sp³-hybridized carbons (Fsp3) is 0.179. The van der Waals surface area contributed by atoms with Crippen LogP contribution in [0.4, 0.5) is 16.2 Å². The molecule has 3 aromatic carbocycles. The van der Waals surface area contributed by atoms with E-state index in [1.165, 1.54) is 25.3 Å². The summed E-state index contributed by atoms with van der Waals surface area (Å²) in [5, 5.41) is 15.2. The molecule has 192 valence electrons. The molecule has 9 heteroatoms. The zero-order valence-electron chi connectivity index (χ0n) is 20.7. The largest absolute Gasteiger partial charge is 0.504 e. The van der Waals surface area contributed by atoms with Gasteiger partial charge in [0.25, 0.3) is 5.91 Å². The maximum Gasteiger partial charge on any atom is 0.414 e. The molecule has 0 saturated heterocycles. The topological polar surface area (TPSA) is 140 Å². The maximum atomic E-state index is 12.7. The zero-order valence-corrected chi connectivity index (χ0v) is 20.7. The standard InChI is InChI=1S/C28H29N3O6/c1-28(2,16-15-24(33)30-21-12-8-7-11-20(21)29)25(19-13-14-23(36-3)22(32)17-19)37-27(35)31-26(34)18-9-5-4-6-10-18/h4-17,25,32H,29H2,1-3H3,(H,30,33)(H,31,34,35)/b16-15+/t25-/m1/s1. The van der Waals surface area contributed by atoms with Gasteiger partial charge >= 0.3 is 6.09 Å². The second-order valence-corrected chi connectivity index (χ2v) is 8.77. The number of anilines is 2. The number of hydrogen-bond acceptors (Lipinski definition) is 7. The molecule has 37 heavy (non-hydrogen) atoms. The number of phenolic OH excluding ortho intramolecular Hbond substituents is 1. The molecule has 9 nitrogen and oxygen atoms in total. The molecule has 3 amide bonds. The third-order valence-electron chi connectivity index (χ3n) is 5.54. The summed E-state index contributed by atoms with van der Waals surface area (Å²) in [6.07, 6.45) is 0.884. The molecule has 0 radical (unpaired) electrons. The lowest BCUT2D eigenvalue weighted by molar-refractivity contribution is -0.112. The number of para-hydroxylation sites is 2. The summed E-state index contributed by atoms with van der Waals surface area (Å²) < 4.78 is 10.8. The number of rotatable bonds is 8. The highest BCUT2D eigenvalue weighted by molar-refractivity contribution is 6.03. The summed E-state index contributed by atoms with van der Waals surface area (Å²) in [7, 11) is 1.41. The first-order chi connectivity index (χ1) is 17.6. The van der Waals surface area contributed by atoms with Crippen LogP contribution < -0.4 is 21.1 Å². The second-order valence-electron chi connectivity index (χ2n) is 8.77. The van der Waals surface area contributed by atoms with E-state index in [1.807, 2.05) is 0 Å². The van der Waals surface area contributed by atoms with Crippen LogP contribution in [-0.4, -0.2) is 30.1 Å². The summed E-state index contributed by atoms with van der Waals surface area (Å²) in [6.45, 7) is 3.48. The van der Waals surface area contributed by atoms with Gasteiger partial charge in [-0.2, -0.15) is 0 Å². The Hall–Kier alpha value is -4.79. The SMILES string of the molecule is COc1ccc([C@@H](OC(=O)NC(=O)c2ccccc2)C(C)(C)/C=C/C(=O)Nc2ccccc2N)cc1O. The van der Waals surface area contributed by atoms with Crippen LogP contribution in [-0.2, 0) is 9.53 Å². The Balaban J connectivity index is 1.84. The van der Waals surface area contributed by atoms with Gasteiger partial charge in [-0.15, -0.1) is 0 Å². The van der Waals surface area contributed by atoms with E-state index in [-0.39, 0.29) is 17.1 Å². The van der Waals surface area contributed by atoms with Gasteiger partial charge < -0.3 is 25.6 Å². The molecule has 3 rings (SSSR count). The predicted octanol–water partition coefficient (Wildman–Crippen LogP) is 4.81. The lowest BCUT2D eigenvalue weighted by Gasteiger charge is -2.31. The average molecular weight is 504 g/mol. The van der Waals surface area contributed by atoms with Gasteiger partial charge in [0.15, 0.2) is 11.5 Å². The number of benzene rings is 3. The monoisotopic (exact) mass is 503 g/mol. The number of carbonyl (C=O) groups is 3. The van der Waals surface area contributed by atoms with E-state index in [0.717, 1.165) is 0 Å². The molecular weight excluding hydrogens is 474 g/mol. The van der Waals surface area contributed by atoms with Gasteiger partial charge in [0, 0.05) is 11.0 Å². The molecule has 0 aliphatic heterocycles. The van der Waals surface area contributed by atoms with E-state index in [0.29, 0.717) is 16.9 Å². The quantitative estimate of drug-likeness (QED) is 0.255. The van der Waals surface area contributed by atoms with Gasteiger partial charge in [0.2, 0.25) is 5.91 Å². The average Bonchev–Trinajstić information content (AvgIpc) is 2.88. The third kappa shape index (κ3) is 7.11. The predicted molar refractivity (Wildman–Crippen MR) is 140 cm³/mol. The summed E-state index contributed by atoms with van der Waals surface area (Å²) in [5.74, 6) is -0.994.